The predicted molar refractivity (Wildman–Crippen MR) is 58.7 cm³/mol. The Morgan fingerprint density at radius 3 is 2.47 bits per heavy atom. The zero-order valence-electron chi connectivity index (χ0n) is 9.67. The zero-order chi connectivity index (χ0) is 10.7. The summed E-state index contributed by atoms with van der Waals surface area (Å²) in [7, 11) is 1.79. The molecule has 2 fully saturated rings. The maximum atomic E-state index is 13.0. The number of hydrogen-bond donors (Lipinski definition) is 0. The molecule has 0 atom stereocenters. The van der Waals surface area contributed by atoms with Gasteiger partial charge in [0.1, 0.15) is 6.17 Å². The quantitative estimate of drug-likeness (QED) is 0.713. The lowest BCUT2D eigenvalue weighted by Gasteiger charge is -2.45. The molecule has 0 aromatic heterocycles. The molecule has 1 aliphatic heterocycles. The lowest BCUT2D eigenvalue weighted by atomic mass is 9.69. The highest BCUT2D eigenvalue weighted by molar-refractivity contribution is 4.91. The summed E-state index contributed by atoms with van der Waals surface area (Å²) in [5, 5.41) is 0. The molecule has 2 rings (SSSR count). The van der Waals surface area contributed by atoms with Crippen LogP contribution in [0.4, 0.5) is 4.39 Å². The molecule has 0 aromatic rings. The molecule has 3 heteroatoms. The second kappa shape index (κ2) is 4.79. The summed E-state index contributed by atoms with van der Waals surface area (Å²) in [4.78, 5) is 2.42. The summed E-state index contributed by atoms with van der Waals surface area (Å²) in [6.45, 7) is 3.87. The van der Waals surface area contributed by atoms with E-state index in [-0.39, 0.29) is 0 Å². The Balaban J connectivity index is 1.79. The highest BCUT2D eigenvalue weighted by atomic mass is 19.1. The molecule has 1 aliphatic carbocycles. The number of alkyl halides is 1. The summed E-state index contributed by atoms with van der Waals surface area (Å²) >= 11 is 0. The third-order valence-electron chi connectivity index (χ3n) is 3.94. The summed E-state index contributed by atoms with van der Waals surface area (Å²) in [6.07, 6.45) is 4.81. The number of nitrogens with zero attached hydrogens (tertiary/aromatic N) is 1. The molecule has 0 bridgehead atoms. The number of piperidine rings is 1. The molecular formula is C12H22FNO. The second-order valence-electron chi connectivity index (χ2n) is 5.24. The summed E-state index contributed by atoms with van der Waals surface area (Å²) < 4.78 is 18.3. The highest BCUT2D eigenvalue weighted by Gasteiger charge is 2.39. The van der Waals surface area contributed by atoms with Crippen molar-refractivity contribution in [1.82, 2.24) is 4.90 Å². The van der Waals surface area contributed by atoms with Gasteiger partial charge in [-0.05, 0) is 25.7 Å². The fourth-order valence-corrected chi connectivity index (χ4v) is 2.86. The van der Waals surface area contributed by atoms with Crippen LogP contribution in [0.3, 0.4) is 0 Å². The smallest absolute Gasteiger partial charge is 0.103 e. The number of ether oxygens (including phenoxy) is 1. The van der Waals surface area contributed by atoms with E-state index in [4.69, 9.17) is 4.74 Å². The fourth-order valence-electron chi connectivity index (χ4n) is 2.86. The number of methoxy groups -OCH3 is 1. The SMILES string of the molecule is COCC1(CN2CCC(F)CC2)CCC1. The Kier molecular flexibility index (Phi) is 3.62. The van der Waals surface area contributed by atoms with Crippen LogP contribution < -0.4 is 0 Å². The van der Waals surface area contributed by atoms with E-state index >= 15 is 0 Å². The fraction of sp³-hybridized carbons (Fsp3) is 1.00. The third-order valence-corrected chi connectivity index (χ3v) is 3.94. The molecule has 1 saturated carbocycles. The van der Waals surface area contributed by atoms with Gasteiger partial charge in [0.05, 0.1) is 6.61 Å². The molecule has 88 valence electrons. The molecular weight excluding hydrogens is 193 g/mol. The standard InChI is InChI=1S/C12H22FNO/c1-15-10-12(5-2-6-12)9-14-7-3-11(13)4-8-14/h11H,2-10H2,1H3. The molecule has 2 nitrogen and oxygen atoms in total. The van der Waals surface area contributed by atoms with Crippen LogP contribution in [0.25, 0.3) is 0 Å². The van der Waals surface area contributed by atoms with Gasteiger partial charge >= 0.3 is 0 Å². The van der Waals surface area contributed by atoms with E-state index in [0.717, 1.165) is 39.1 Å². The van der Waals surface area contributed by atoms with Gasteiger partial charge < -0.3 is 9.64 Å². The first kappa shape index (κ1) is 11.3. The van der Waals surface area contributed by atoms with E-state index in [0.29, 0.717) is 5.41 Å². The van der Waals surface area contributed by atoms with Gasteiger partial charge in [0.2, 0.25) is 0 Å². The Morgan fingerprint density at radius 2 is 2.00 bits per heavy atom. The largest absolute Gasteiger partial charge is 0.384 e. The van der Waals surface area contributed by atoms with E-state index in [1.165, 1.54) is 19.3 Å². The lowest BCUT2D eigenvalue weighted by Crippen LogP contribution is -2.47. The first-order valence-corrected chi connectivity index (χ1v) is 6.09. The van der Waals surface area contributed by atoms with Crippen molar-refractivity contribution in [2.24, 2.45) is 5.41 Å². The number of hydrogen-bond acceptors (Lipinski definition) is 2. The molecule has 1 saturated heterocycles. The average molecular weight is 215 g/mol. The van der Waals surface area contributed by atoms with Crippen molar-refractivity contribution >= 4 is 0 Å². The third kappa shape index (κ3) is 2.70. The van der Waals surface area contributed by atoms with Crippen molar-refractivity contribution in [2.75, 3.05) is 33.4 Å². The molecule has 15 heavy (non-hydrogen) atoms. The van der Waals surface area contributed by atoms with Crippen LogP contribution in [0, 0.1) is 5.41 Å². The molecule has 2 aliphatic rings. The minimum absolute atomic E-state index is 0.401. The summed E-state index contributed by atoms with van der Waals surface area (Å²) in [6, 6.07) is 0. The predicted octanol–water partition coefficient (Wildman–Crippen LogP) is 2.24. The zero-order valence-corrected chi connectivity index (χ0v) is 9.67. The van der Waals surface area contributed by atoms with Gasteiger partial charge in [0.15, 0.2) is 0 Å². The van der Waals surface area contributed by atoms with E-state index in [1.54, 1.807) is 7.11 Å². The molecule has 1 heterocycles. The second-order valence-corrected chi connectivity index (χ2v) is 5.24. The Hall–Kier alpha value is -0.150. The average Bonchev–Trinajstić information content (AvgIpc) is 2.18. The Labute approximate surface area is 91.8 Å². The summed E-state index contributed by atoms with van der Waals surface area (Å²) in [5.41, 5.74) is 0.401. The number of halogens is 1. The van der Waals surface area contributed by atoms with Crippen molar-refractivity contribution in [3.05, 3.63) is 0 Å². The van der Waals surface area contributed by atoms with Crippen LogP contribution in [0.5, 0.6) is 0 Å². The van der Waals surface area contributed by atoms with E-state index in [1.807, 2.05) is 0 Å². The molecule has 0 spiro atoms. The van der Waals surface area contributed by atoms with Crippen molar-refractivity contribution in [3.63, 3.8) is 0 Å². The van der Waals surface area contributed by atoms with E-state index in [9.17, 15) is 4.39 Å². The van der Waals surface area contributed by atoms with Crippen LogP contribution in [0.2, 0.25) is 0 Å². The van der Waals surface area contributed by atoms with Gasteiger partial charge in [-0.3, -0.25) is 0 Å². The van der Waals surface area contributed by atoms with E-state index < -0.39 is 6.17 Å². The number of likely N-dealkylation sites (tertiary alicyclic amines) is 1. The van der Waals surface area contributed by atoms with Crippen molar-refractivity contribution in [2.45, 2.75) is 38.3 Å². The van der Waals surface area contributed by atoms with Crippen LogP contribution in [0.15, 0.2) is 0 Å². The van der Waals surface area contributed by atoms with Crippen LogP contribution in [-0.4, -0.2) is 44.4 Å². The van der Waals surface area contributed by atoms with Crippen molar-refractivity contribution in [1.29, 1.82) is 0 Å². The van der Waals surface area contributed by atoms with Gasteiger partial charge in [-0.15, -0.1) is 0 Å². The van der Waals surface area contributed by atoms with Gasteiger partial charge in [-0.25, -0.2) is 4.39 Å². The Morgan fingerprint density at radius 1 is 1.33 bits per heavy atom. The normalized spacial score (nSPS) is 27.6. The van der Waals surface area contributed by atoms with Crippen molar-refractivity contribution < 1.29 is 9.13 Å². The molecule has 0 aromatic carbocycles. The maximum Gasteiger partial charge on any atom is 0.103 e. The number of rotatable bonds is 4. The van der Waals surface area contributed by atoms with Gasteiger partial charge in [-0.2, -0.15) is 0 Å². The Bertz CT molecular complexity index is 198. The molecule has 0 N–H and O–H groups in total. The highest BCUT2D eigenvalue weighted by Crippen LogP contribution is 2.42. The van der Waals surface area contributed by atoms with Crippen molar-refractivity contribution in [3.8, 4) is 0 Å². The van der Waals surface area contributed by atoms with E-state index in [2.05, 4.69) is 4.90 Å². The molecule has 0 radical (unpaired) electrons. The first-order chi connectivity index (χ1) is 7.24. The lowest BCUT2D eigenvalue weighted by molar-refractivity contribution is -0.0198. The topological polar surface area (TPSA) is 12.5 Å². The maximum absolute atomic E-state index is 13.0. The van der Waals surface area contributed by atoms with Crippen LogP contribution in [0.1, 0.15) is 32.1 Å². The van der Waals surface area contributed by atoms with Gasteiger partial charge in [0.25, 0.3) is 0 Å². The minimum atomic E-state index is -0.555. The van der Waals surface area contributed by atoms with Crippen LogP contribution in [-0.2, 0) is 4.74 Å². The monoisotopic (exact) mass is 215 g/mol. The first-order valence-electron chi connectivity index (χ1n) is 6.09. The summed E-state index contributed by atoms with van der Waals surface area (Å²) in [5.74, 6) is 0. The minimum Gasteiger partial charge on any atom is -0.384 e. The van der Waals surface area contributed by atoms with Gasteiger partial charge in [0, 0.05) is 32.2 Å². The van der Waals surface area contributed by atoms with Gasteiger partial charge in [-0.1, -0.05) is 6.42 Å². The molecule has 0 unspecified atom stereocenters. The van der Waals surface area contributed by atoms with Crippen LogP contribution >= 0.6 is 0 Å². The molecule has 0 amide bonds.